The topological polar surface area (TPSA) is 118 Å². The number of ether oxygens (including phenoxy) is 2. The molecule has 0 bridgehead atoms. The van der Waals surface area contributed by atoms with Gasteiger partial charge in [-0.3, -0.25) is 13.9 Å². The highest BCUT2D eigenvalue weighted by Crippen LogP contribution is 2.25. The lowest BCUT2D eigenvalue weighted by Gasteiger charge is -2.12. The van der Waals surface area contributed by atoms with E-state index in [9.17, 15) is 14.4 Å². The van der Waals surface area contributed by atoms with Gasteiger partial charge in [0.15, 0.2) is 0 Å². The fraction of sp³-hybridized carbons (Fsp3) is 0.320. The van der Waals surface area contributed by atoms with Crippen molar-refractivity contribution in [1.82, 2.24) is 19.1 Å². The van der Waals surface area contributed by atoms with Gasteiger partial charge in [0.2, 0.25) is 5.89 Å². The van der Waals surface area contributed by atoms with E-state index < -0.39 is 17.2 Å². The molecule has 10 nitrogen and oxygen atoms in total. The van der Waals surface area contributed by atoms with Gasteiger partial charge >= 0.3 is 11.7 Å². The number of carbonyl (C=O) groups excluding carboxylic acids is 1. The summed E-state index contributed by atoms with van der Waals surface area (Å²) in [4.78, 5) is 47.7. The Kier molecular flexibility index (Phi) is 6.29. The van der Waals surface area contributed by atoms with Crippen LogP contribution in [0.5, 0.6) is 5.75 Å². The summed E-state index contributed by atoms with van der Waals surface area (Å²) in [5.41, 5.74) is 0.531. The van der Waals surface area contributed by atoms with Gasteiger partial charge in [-0.25, -0.2) is 19.6 Å². The monoisotopic (exact) mass is 478 g/mol. The average Bonchev–Trinajstić information content (AvgIpc) is 3.19. The summed E-state index contributed by atoms with van der Waals surface area (Å²) in [5, 5.41) is 0.00617. The van der Waals surface area contributed by atoms with Crippen LogP contribution in [0.25, 0.3) is 22.5 Å². The Morgan fingerprint density at radius 1 is 1.11 bits per heavy atom. The molecular weight excluding hydrogens is 452 g/mol. The number of aromatic nitrogens is 4. The van der Waals surface area contributed by atoms with Crippen LogP contribution < -0.4 is 16.0 Å². The van der Waals surface area contributed by atoms with E-state index in [-0.39, 0.29) is 29.2 Å². The highest BCUT2D eigenvalue weighted by molar-refractivity contribution is 6.02. The number of hydrogen-bond donors (Lipinski definition) is 0. The molecule has 4 rings (SSSR count). The summed E-state index contributed by atoms with van der Waals surface area (Å²) in [6.45, 7) is 7.14. The predicted molar refractivity (Wildman–Crippen MR) is 129 cm³/mol. The molecule has 1 aromatic carbocycles. The second-order valence-corrected chi connectivity index (χ2v) is 8.45. The molecule has 0 saturated carbocycles. The van der Waals surface area contributed by atoms with Gasteiger partial charge in [0.05, 0.1) is 30.7 Å². The molecule has 4 aromatic rings. The standard InChI is InChI=1S/C25H26N4O6/c1-13(2)34-17-9-7-16(8-10-17)22-27-19(15(4)35-22)12-29-23(30)20-18(24(31)33-6)11-14(3)26-21(20)28(5)25(29)32/h7-11,13H,12H2,1-6H3. The van der Waals surface area contributed by atoms with E-state index in [1.54, 1.807) is 13.8 Å². The van der Waals surface area contributed by atoms with E-state index in [1.165, 1.54) is 24.8 Å². The van der Waals surface area contributed by atoms with Crippen molar-refractivity contribution in [3.05, 3.63) is 73.9 Å². The zero-order chi connectivity index (χ0) is 25.4. The van der Waals surface area contributed by atoms with E-state index in [0.29, 0.717) is 23.0 Å². The van der Waals surface area contributed by atoms with Crippen LogP contribution in [-0.4, -0.2) is 38.3 Å². The van der Waals surface area contributed by atoms with Crippen LogP contribution in [0.1, 0.15) is 41.4 Å². The van der Waals surface area contributed by atoms with Gasteiger partial charge in [-0.2, -0.15) is 0 Å². The van der Waals surface area contributed by atoms with Crippen molar-refractivity contribution in [3.8, 4) is 17.2 Å². The number of hydrogen-bond acceptors (Lipinski definition) is 8. The normalized spacial score (nSPS) is 11.3. The van der Waals surface area contributed by atoms with Crippen molar-refractivity contribution < 1.29 is 18.7 Å². The van der Waals surface area contributed by atoms with E-state index in [2.05, 4.69) is 9.97 Å². The maximum absolute atomic E-state index is 13.4. The van der Waals surface area contributed by atoms with E-state index in [1.807, 2.05) is 38.1 Å². The summed E-state index contributed by atoms with van der Waals surface area (Å²) in [6, 6.07) is 8.76. The fourth-order valence-corrected chi connectivity index (χ4v) is 3.81. The molecule has 3 aromatic heterocycles. The van der Waals surface area contributed by atoms with Gasteiger partial charge < -0.3 is 13.9 Å². The predicted octanol–water partition coefficient (Wildman–Crippen LogP) is 2.99. The number of esters is 1. The largest absolute Gasteiger partial charge is 0.491 e. The molecule has 182 valence electrons. The number of carbonyl (C=O) groups is 1. The molecule has 0 unspecified atom stereocenters. The zero-order valence-electron chi connectivity index (χ0n) is 20.4. The van der Waals surface area contributed by atoms with Gasteiger partial charge in [-0.1, -0.05) is 0 Å². The van der Waals surface area contributed by atoms with E-state index in [4.69, 9.17) is 13.9 Å². The van der Waals surface area contributed by atoms with Crippen LogP contribution in [0, 0.1) is 13.8 Å². The maximum atomic E-state index is 13.4. The first-order valence-electron chi connectivity index (χ1n) is 11.0. The third kappa shape index (κ3) is 4.46. The Balaban J connectivity index is 1.79. The number of aryl methyl sites for hydroxylation is 3. The summed E-state index contributed by atoms with van der Waals surface area (Å²) in [6.07, 6.45) is 0.0538. The zero-order valence-corrected chi connectivity index (χ0v) is 20.4. The second kappa shape index (κ2) is 9.21. The molecule has 0 saturated heterocycles. The van der Waals surface area contributed by atoms with Gasteiger partial charge in [0.1, 0.15) is 22.9 Å². The van der Waals surface area contributed by atoms with Crippen molar-refractivity contribution >= 4 is 17.0 Å². The van der Waals surface area contributed by atoms with Gasteiger partial charge in [0.25, 0.3) is 5.56 Å². The lowest BCUT2D eigenvalue weighted by Crippen LogP contribution is -2.40. The van der Waals surface area contributed by atoms with E-state index in [0.717, 1.165) is 15.9 Å². The number of rotatable bonds is 6. The average molecular weight is 479 g/mol. The minimum atomic E-state index is -0.687. The van der Waals surface area contributed by atoms with Crippen LogP contribution in [0.2, 0.25) is 0 Å². The highest BCUT2D eigenvalue weighted by atomic mass is 16.5. The number of fused-ring (bicyclic) bond motifs is 1. The molecule has 0 fully saturated rings. The minimum Gasteiger partial charge on any atom is -0.491 e. The highest BCUT2D eigenvalue weighted by Gasteiger charge is 2.22. The third-order valence-electron chi connectivity index (χ3n) is 5.50. The van der Waals surface area contributed by atoms with E-state index >= 15 is 0 Å². The molecule has 3 heterocycles. The summed E-state index contributed by atoms with van der Waals surface area (Å²) >= 11 is 0. The van der Waals surface area contributed by atoms with Crippen molar-refractivity contribution in [2.45, 2.75) is 40.3 Å². The number of methoxy groups -OCH3 is 1. The first kappa shape index (κ1) is 23.9. The molecule has 0 atom stereocenters. The summed E-state index contributed by atoms with van der Waals surface area (Å²) in [7, 11) is 2.72. The molecule has 0 amide bonds. The maximum Gasteiger partial charge on any atom is 0.338 e. The second-order valence-electron chi connectivity index (χ2n) is 8.45. The van der Waals surface area contributed by atoms with Crippen LogP contribution in [0.3, 0.4) is 0 Å². The molecule has 0 radical (unpaired) electrons. The van der Waals surface area contributed by atoms with Gasteiger partial charge in [-0.15, -0.1) is 0 Å². The van der Waals surface area contributed by atoms with Crippen molar-refractivity contribution in [2.24, 2.45) is 7.05 Å². The lowest BCUT2D eigenvalue weighted by molar-refractivity contribution is 0.0602. The smallest absolute Gasteiger partial charge is 0.338 e. The molecule has 0 spiro atoms. The molecule has 10 heteroatoms. The molecule has 35 heavy (non-hydrogen) atoms. The Bertz CT molecular complexity index is 1540. The first-order valence-corrected chi connectivity index (χ1v) is 11.0. The Hall–Kier alpha value is -4.21. The molecular formula is C25H26N4O6. The molecule has 0 N–H and O–H groups in total. The number of pyridine rings is 1. The van der Waals surface area contributed by atoms with Crippen LogP contribution in [-0.2, 0) is 18.3 Å². The summed E-state index contributed by atoms with van der Waals surface area (Å²) < 4.78 is 18.6. The molecule has 0 aliphatic heterocycles. The van der Waals surface area contributed by atoms with Crippen LogP contribution >= 0.6 is 0 Å². The molecule has 0 aliphatic rings. The quantitative estimate of drug-likeness (QED) is 0.388. The number of benzene rings is 1. The van der Waals surface area contributed by atoms with Crippen molar-refractivity contribution in [3.63, 3.8) is 0 Å². The Morgan fingerprint density at radius 2 is 1.80 bits per heavy atom. The SMILES string of the molecule is COC(=O)c1cc(C)nc2c1c(=O)n(Cc1nc(-c3ccc(OC(C)C)cc3)oc1C)c(=O)n2C. The third-order valence-corrected chi connectivity index (χ3v) is 5.50. The minimum absolute atomic E-state index is 0.00617. The molecule has 0 aliphatic carbocycles. The van der Waals surface area contributed by atoms with Gasteiger partial charge in [-0.05, 0) is 58.0 Å². The first-order chi connectivity index (χ1) is 16.6. The van der Waals surface area contributed by atoms with Gasteiger partial charge in [0, 0.05) is 18.3 Å². The lowest BCUT2D eigenvalue weighted by atomic mass is 10.1. The number of oxazole rings is 1. The van der Waals surface area contributed by atoms with Crippen molar-refractivity contribution in [2.75, 3.05) is 7.11 Å². The summed E-state index contributed by atoms with van der Waals surface area (Å²) in [5.74, 6) is 0.856. The van der Waals surface area contributed by atoms with Crippen LogP contribution in [0.15, 0.2) is 44.3 Å². The van der Waals surface area contributed by atoms with Crippen LogP contribution in [0.4, 0.5) is 0 Å². The fourth-order valence-electron chi connectivity index (χ4n) is 3.81. The Morgan fingerprint density at radius 3 is 2.43 bits per heavy atom. The Labute approximate surface area is 200 Å². The number of nitrogens with zero attached hydrogens (tertiary/aromatic N) is 4. The van der Waals surface area contributed by atoms with Crippen molar-refractivity contribution in [1.29, 1.82) is 0 Å².